The van der Waals surface area contributed by atoms with Crippen molar-refractivity contribution in [3.8, 4) is 6.07 Å². The molecule has 1 aromatic heterocycles. The second kappa shape index (κ2) is 10.6. The van der Waals surface area contributed by atoms with E-state index in [1.165, 1.54) is 0 Å². The zero-order chi connectivity index (χ0) is 24.2. The Morgan fingerprint density at radius 1 is 1.30 bits per heavy atom. The molecule has 0 bridgehead atoms. The number of nitrogens with zero attached hydrogens (tertiary/aromatic N) is 2. The van der Waals surface area contributed by atoms with Crippen LogP contribution in [0.5, 0.6) is 0 Å². The van der Waals surface area contributed by atoms with Gasteiger partial charge in [0.05, 0.1) is 17.4 Å². The van der Waals surface area contributed by atoms with Gasteiger partial charge in [-0.25, -0.2) is 9.59 Å². The van der Waals surface area contributed by atoms with Crippen molar-refractivity contribution in [3.63, 3.8) is 0 Å². The largest absolute Gasteiger partial charge is 0.459 e. The van der Waals surface area contributed by atoms with Crippen molar-refractivity contribution in [1.29, 1.82) is 5.26 Å². The van der Waals surface area contributed by atoms with E-state index >= 15 is 0 Å². The van der Waals surface area contributed by atoms with Crippen molar-refractivity contribution in [1.82, 2.24) is 10.2 Å². The van der Waals surface area contributed by atoms with Gasteiger partial charge in [-0.15, -0.1) is 0 Å². The molecule has 1 amide bonds. The number of amides is 1. The van der Waals surface area contributed by atoms with Crippen molar-refractivity contribution in [2.45, 2.75) is 36.3 Å². The highest BCUT2D eigenvalue weighted by Gasteiger charge is 2.38. The lowest BCUT2D eigenvalue weighted by Crippen LogP contribution is -2.22. The summed E-state index contributed by atoms with van der Waals surface area (Å²) in [6, 6.07) is 8.96. The molecule has 2 N–H and O–H groups in total. The third-order valence-electron chi connectivity index (χ3n) is 4.96. The summed E-state index contributed by atoms with van der Waals surface area (Å²) in [7, 11) is 0. The number of aromatic nitrogens is 2. The fourth-order valence-electron chi connectivity index (χ4n) is 3.39. The summed E-state index contributed by atoms with van der Waals surface area (Å²) in [5, 5.41) is 18.5. The second-order valence-corrected chi connectivity index (χ2v) is 10.2. The molecule has 0 spiro atoms. The third-order valence-corrected chi connectivity index (χ3v) is 5.28. The summed E-state index contributed by atoms with van der Waals surface area (Å²) >= 11 is 16.8. The summed E-state index contributed by atoms with van der Waals surface area (Å²) in [6.45, 7) is 3.44. The van der Waals surface area contributed by atoms with Gasteiger partial charge >= 0.3 is 12.1 Å². The first-order valence-corrected chi connectivity index (χ1v) is 11.1. The number of ether oxygens (including phenoxy) is 3. The summed E-state index contributed by atoms with van der Waals surface area (Å²) in [5.41, 5.74) is 1.94. The number of esters is 1. The molecular formula is C21H21Cl3N4O5. The number of anilines is 1. The van der Waals surface area contributed by atoms with Crippen molar-refractivity contribution < 1.29 is 23.8 Å². The minimum absolute atomic E-state index is 0.0298. The molecule has 1 fully saturated rings. The molecule has 0 unspecified atom stereocenters. The van der Waals surface area contributed by atoms with Gasteiger partial charge < -0.3 is 14.2 Å². The number of carbonyl (C=O) groups is 2. The van der Waals surface area contributed by atoms with Gasteiger partial charge in [0.15, 0.2) is 5.69 Å². The number of hydrogen-bond acceptors (Lipinski definition) is 7. The highest BCUT2D eigenvalue weighted by molar-refractivity contribution is 6.67. The first kappa shape index (κ1) is 25.1. The molecule has 0 radical (unpaired) electrons. The topological polar surface area (TPSA) is 126 Å². The van der Waals surface area contributed by atoms with E-state index in [1.807, 2.05) is 32.0 Å². The van der Waals surface area contributed by atoms with E-state index in [4.69, 9.17) is 49.0 Å². The molecule has 2 heterocycles. The third kappa shape index (κ3) is 6.74. The molecule has 9 nitrogen and oxygen atoms in total. The molecule has 1 aliphatic rings. The van der Waals surface area contributed by atoms with Gasteiger partial charge in [-0.1, -0.05) is 59.4 Å². The molecule has 12 heteroatoms. The number of hydrogen-bond donors (Lipinski definition) is 2. The predicted octanol–water partition coefficient (Wildman–Crippen LogP) is 4.83. The first-order chi connectivity index (χ1) is 15.6. The monoisotopic (exact) mass is 514 g/mol. The van der Waals surface area contributed by atoms with Crippen LogP contribution in [0.15, 0.2) is 24.3 Å². The number of benzene rings is 1. The minimum Gasteiger partial charge on any atom is -0.459 e. The average Bonchev–Trinajstić information content (AvgIpc) is 3.32. The number of aryl methyl sites for hydroxylation is 1. The molecule has 33 heavy (non-hydrogen) atoms. The number of alkyl halides is 3. The van der Waals surface area contributed by atoms with E-state index in [-0.39, 0.29) is 30.0 Å². The van der Waals surface area contributed by atoms with Crippen molar-refractivity contribution in [2.24, 2.45) is 5.92 Å². The zero-order valence-corrected chi connectivity index (χ0v) is 20.0. The van der Waals surface area contributed by atoms with Crippen LogP contribution in [-0.2, 0) is 14.2 Å². The van der Waals surface area contributed by atoms with Crippen molar-refractivity contribution in [3.05, 3.63) is 46.8 Å². The van der Waals surface area contributed by atoms with Crippen LogP contribution < -0.4 is 5.32 Å². The Labute approximate surface area is 205 Å². The van der Waals surface area contributed by atoms with Crippen LogP contribution in [0.4, 0.5) is 10.5 Å². The number of carbonyl (C=O) groups excluding carboxylic acids is 2. The molecule has 1 aromatic carbocycles. The van der Waals surface area contributed by atoms with E-state index in [0.29, 0.717) is 17.7 Å². The molecule has 0 aliphatic carbocycles. The average molecular weight is 516 g/mol. The number of H-pyrrole nitrogens is 1. The number of nitriles is 1. The lowest BCUT2D eigenvalue weighted by Gasteiger charge is -2.17. The number of aromatic amines is 1. The SMILES string of the molecule is Cc1ccc(C(=O)OC[C@@H]2C[C@H](C)[C@H](c3[nH]nc(C#N)c3NC(=O)OCC(Cl)(Cl)Cl)O2)cc1. The molecule has 1 aliphatic heterocycles. The Morgan fingerprint density at radius 3 is 2.64 bits per heavy atom. The summed E-state index contributed by atoms with van der Waals surface area (Å²) in [4.78, 5) is 24.4. The van der Waals surface area contributed by atoms with E-state index in [0.717, 1.165) is 5.56 Å². The number of nitrogens with one attached hydrogen (secondary N) is 2. The Bertz CT molecular complexity index is 1050. The highest BCUT2D eigenvalue weighted by atomic mass is 35.6. The van der Waals surface area contributed by atoms with Crippen LogP contribution in [0.2, 0.25) is 0 Å². The molecule has 1 saturated heterocycles. The number of rotatable bonds is 6. The van der Waals surface area contributed by atoms with Crippen molar-refractivity contribution >= 4 is 52.6 Å². The Kier molecular flexibility index (Phi) is 8.08. The quantitative estimate of drug-likeness (QED) is 0.417. The van der Waals surface area contributed by atoms with Crippen LogP contribution in [0.3, 0.4) is 0 Å². The van der Waals surface area contributed by atoms with Crippen LogP contribution in [0.1, 0.15) is 46.8 Å². The minimum atomic E-state index is -1.78. The van der Waals surface area contributed by atoms with E-state index in [2.05, 4.69) is 15.5 Å². The van der Waals surface area contributed by atoms with Crippen molar-refractivity contribution in [2.75, 3.05) is 18.5 Å². The van der Waals surface area contributed by atoms with Gasteiger partial charge in [0.2, 0.25) is 3.79 Å². The Morgan fingerprint density at radius 2 is 2.00 bits per heavy atom. The fourth-order valence-corrected chi connectivity index (χ4v) is 3.55. The van der Waals surface area contributed by atoms with E-state index in [1.54, 1.807) is 12.1 Å². The van der Waals surface area contributed by atoms with Gasteiger partial charge in [-0.3, -0.25) is 10.4 Å². The van der Waals surface area contributed by atoms with Crippen LogP contribution in [-0.4, -0.2) is 45.4 Å². The van der Waals surface area contributed by atoms with E-state index in [9.17, 15) is 14.9 Å². The van der Waals surface area contributed by atoms with Crippen LogP contribution in [0, 0.1) is 24.2 Å². The summed E-state index contributed by atoms with van der Waals surface area (Å²) < 4.78 is 14.5. The predicted molar refractivity (Wildman–Crippen MR) is 121 cm³/mol. The smallest absolute Gasteiger partial charge is 0.411 e. The van der Waals surface area contributed by atoms with Crippen LogP contribution in [0.25, 0.3) is 0 Å². The molecule has 2 aromatic rings. The maximum atomic E-state index is 12.3. The van der Waals surface area contributed by atoms with E-state index < -0.39 is 28.6 Å². The zero-order valence-electron chi connectivity index (χ0n) is 17.7. The van der Waals surface area contributed by atoms with Gasteiger partial charge in [0, 0.05) is 0 Å². The highest BCUT2D eigenvalue weighted by Crippen LogP contribution is 2.41. The Hall–Kier alpha value is -2.51. The molecule has 176 valence electrons. The summed E-state index contributed by atoms with van der Waals surface area (Å²) in [6.07, 6.45) is -1.25. The maximum absolute atomic E-state index is 12.3. The van der Waals surface area contributed by atoms with Gasteiger partial charge in [0.1, 0.15) is 31.1 Å². The maximum Gasteiger partial charge on any atom is 0.411 e. The molecular weight excluding hydrogens is 495 g/mol. The first-order valence-electron chi connectivity index (χ1n) is 9.95. The molecule has 3 atom stereocenters. The standard InChI is InChI=1S/C21H21Cl3N4O5/c1-11-3-5-13(6-4-11)19(29)31-9-14-7-12(2)18(33-14)17-16(15(8-25)27-28-17)26-20(30)32-10-21(22,23)24/h3-6,12,14,18H,7,9-10H2,1-2H3,(H,26,30)(H,27,28)/t12-,14-,18+/m0/s1. The van der Waals surface area contributed by atoms with Gasteiger partial charge in [-0.05, 0) is 31.4 Å². The van der Waals surface area contributed by atoms with Gasteiger partial charge in [-0.2, -0.15) is 10.4 Å². The fraction of sp³-hybridized carbons (Fsp3) is 0.429. The Balaban J connectivity index is 1.64. The lowest BCUT2D eigenvalue weighted by molar-refractivity contribution is -0.0126. The normalized spacial score (nSPS) is 20.2. The second-order valence-electron chi connectivity index (χ2n) is 7.65. The number of halogens is 3. The lowest BCUT2D eigenvalue weighted by atomic mass is 9.98. The molecule has 0 saturated carbocycles. The summed E-state index contributed by atoms with van der Waals surface area (Å²) in [5.74, 6) is -0.472. The van der Waals surface area contributed by atoms with Gasteiger partial charge in [0.25, 0.3) is 0 Å². The molecule has 3 rings (SSSR count). The van der Waals surface area contributed by atoms with Crippen LogP contribution >= 0.6 is 34.8 Å².